The van der Waals surface area contributed by atoms with Crippen LogP contribution in [0.1, 0.15) is 11.1 Å². The molecule has 0 unspecified atom stereocenters. The van der Waals surface area contributed by atoms with Crippen molar-refractivity contribution in [3.05, 3.63) is 53.9 Å². The summed E-state index contributed by atoms with van der Waals surface area (Å²) in [5, 5.41) is 18.5. The molecule has 5 nitrogen and oxygen atoms in total. The van der Waals surface area contributed by atoms with E-state index < -0.39 is 7.12 Å². The van der Waals surface area contributed by atoms with Gasteiger partial charge in [0.25, 0.3) is 0 Å². The lowest BCUT2D eigenvalue weighted by molar-refractivity contribution is 0.310. The Bertz CT molecular complexity index is 578. The number of ether oxygens (including phenoxy) is 1. The summed E-state index contributed by atoms with van der Waals surface area (Å²) >= 11 is 0. The third-order valence-corrected chi connectivity index (χ3v) is 3.22. The number of rotatable bonds is 6. The molecule has 2 rings (SSSR count). The van der Waals surface area contributed by atoms with Gasteiger partial charge in [0.1, 0.15) is 5.75 Å². The zero-order chi connectivity index (χ0) is 15.2. The van der Waals surface area contributed by atoms with Crippen LogP contribution in [0, 0.1) is 0 Å². The van der Waals surface area contributed by atoms with Gasteiger partial charge < -0.3 is 14.8 Å². The van der Waals surface area contributed by atoms with Crippen LogP contribution in [0.4, 0.5) is 0 Å². The molecule has 0 bridgehead atoms. The molecule has 0 aliphatic carbocycles. The molecule has 0 atom stereocenters. The summed E-state index contributed by atoms with van der Waals surface area (Å²) in [7, 11) is 2.13. The molecule has 1 heterocycles. The van der Waals surface area contributed by atoms with Crippen molar-refractivity contribution in [2.24, 2.45) is 0 Å². The first kappa shape index (κ1) is 15.5. The van der Waals surface area contributed by atoms with E-state index in [9.17, 15) is 10.0 Å². The summed E-state index contributed by atoms with van der Waals surface area (Å²) in [4.78, 5) is 6.21. The maximum atomic E-state index is 9.27. The van der Waals surface area contributed by atoms with Gasteiger partial charge in [0, 0.05) is 31.0 Å². The molecule has 2 aromatic rings. The van der Waals surface area contributed by atoms with Crippen LogP contribution in [-0.2, 0) is 13.1 Å². The molecule has 0 aliphatic rings. The minimum Gasteiger partial charge on any atom is -0.496 e. The number of benzene rings is 1. The van der Waals surface area contributed by atoms with E-state index in [1.165, 1.54) is 0 Å². The largest absolute Gasteiger partial charge is 0.496 e. The zero-order valence-corrected chi connectivity index (χ0v) is 12.2. The highest BCUT2D eigenvalue weighted by molar-refractivity contribution is 6.58. The second kappa shape index (κ2) is 7.22. The molecule has 0 amide bonds. The Kier molecular flexibility index (Phi) is 5.33. The number of hydrogen-bond acceptors (Lipinski definition) is 5. The van der Waals surface area contributed by atoms with Crippen LogP contribution in [0.5, 0.6) is 5.75 Å². The number of methoxy groups -OCH3 is 1. The van der Waals surface area contributed by atoms with Gasteiger partial charge in [-0.05, 0) is 30.2 Å². The standard InChI is InChI=1S/C15H19BN2O3/c1-18(10-12-4-3-7-17-9-12)11-13-8-14(16(19)20)5-6-15(13)21-2/h3-9,19-20H,10-11H2,1-2H3. The van der Waals surface area contributed by atoms with Crippen LogP contribution in [-0.4, -0.2) is 41.2 Å². The molecule has 2 N–H and O–H groups in total. The monoisotopic (exact) mass is 286 g/mol. The maximum Gasteiger partial charge on any atom is 0.488 e. The summed E-state index contributed by atoms with van der Waals surface area (Å²) in [5.41, 5.74) is 2.49. The normalized spacial score (nSPS) is 10.7. The maximum absolute atomic E-state index is 9.27. The van der Waals surface area contributed by atoms with Crippen molar-refractivity contribution >= 4 is 12.6 Å². The smallest absolute Gasteiger partial charge is 0.488 e. The molecule has 6 heteroatoms. The lowest BCUT2D eigenvalue weighted by Gasteiger charge is -2.19. The zero-order valence-electron chi connectivity index (χ0n) is 12.2. The minimum atomic E-state index is -1.47. The topological polar surface area (TPSA) is 65.8 Å². The Labute approximate surface area is 125 Å². The van der Waals surface area contributed by atoms with Crippen LogP contribution in [0.2, 0.25) is 0 Å². The average Bonchev–Trinajstić information content (AvgIpc) is 2.48. The van der Waals surface area contributed by atoms with Gasteiger partial charge in [0.2, 0.25) is 0 Å². The number of hydrogen-bond donors (Lipinski definition) is 2. The molecule has 1 aromatic carbocycles. The van der Waals surface area contributed by atoms with Gasteiger partial charge in [-0.2, -0.15) is 0 Å². The van der Waals surface area contributed by atoms with E-state index in [1.807, 2.05) is 25.4 Å². The van der Waals surface area contributed by atoms with Gasteiger partial charge >= 0.3 is 7.12 Å². The molecule has 21 heavy (non-hydrogen) atoms. The third kappa shape index (κ3) is 4.29. The molecule has 0 fully saturated rings. The first-order chi connectivity index (χ1) is 10.1. The van der Waals surface area contributed by atoms with Gasteiger partial charge in [0.15, 0.2) is 0 Å². The first-order valence-corrected chi connectivity index (χ1v) is 6.70. The van der Waals surface area contributed by atoms with Gasteiger partial charge in [-0.25, -0.2) is 0 Å². The van der Waals surface area contributed by atoms with Gasteiger partial charge in [-0.3, -0.25) is 9.88 Å². The Morgan fingerprint density at radius 2 is 2.05 bits per heavy atom. The fraction of sp³-hybridized carbons (Fsp3) is 0.267. The summed E-state index contributed by atoms with van der Waals surface area (Å²) in [6, 6.07) is 9.08. The summed E-state index contributed by atoms with van der Waals surface area (Å²) in [5.74, 6) is 0.734. The van der Waals surface area contributed by atoms with Crippen LogP contribution in [0.25, 0.3) is 0 Å². The summed E-state index contributed by atoms with van der Waals surface area (Å²) in [6.45, 7) is 1.39. The average molecular weight is 286 g/mol. The Balaban J connectivity index is 2.12. The van der Waals surface area contributed by atoms with Crippen molar-refractivity contribution in [2.75, 3.05) is 14.2 Å². The third-order valence-electron chi connectivity index (χ3n) is 3.22. The highest BCUT2D eigenvalue weighted by Gasteiger charge is 2.15. The lowest BCUT2D eigenvalue weighted by atomic mass is 9.79. The van der Waals surface area contributed by atoms with Crippen LogP contribution >= 0.6 is 0 Å². The molecular weight excluding hydrogens is 267 g/mol. The number of pyridine rings is 1. The SMILES string of the molecule is COc1ccc(B(O)O)cc1CN(C)Cc1cccnc1. The van der Waals surface area contributed by atoms with Crippen LogP contribution in [0.15, 0.2) is 42.7 Å². The van der Waals surface area contributed by atoms with E-state index in [0.717, 1.165) is 23.4 Å². The first-order valence-electron chi connectivity index (χ1n) is 6.70. The Morgan fingerprint density at radius 1 is 1.24 bits per heavy atom. The van der Waals surface area contributed by atoms with Crippen molar-refractivity contribution < 1.29 is 14.8 Å². The molecule has 0 saturated carbocycles. The van der Waals surface area contributed by atoms with Crippen LogP contribution < -0.4 is 10.2 Å². The molecule has 0 spiro atoms. The molecule has 0 aliphatic heterocycles. The van der Waals surface area contributed by atoms with Crippen molar-refractivity contribution in [3.8, 4) is 5.75 Å². The van der Waals surface area contributed by atoms with Gasteiger partial charge in [-0.1, -0.05) is 18.2 Å². The fourth-order valence-electron chi connectivity index (χ4n) is 2.23. The summed E-state index contributed by atoms with van der Waals surface area (Å²) in [6.07, 6.45) is 3.58. The van der Waals surface area contributed by atoms with E-state index in [1.54, 1.807) is 31.5 Å². The highest BCUT2D eigenvalue weighted by Crippen LogP contribution is 2.19. The van der Waals surface area contributed by atoms with Gasteiger partial charge in [0.05, 0.1) is 7.11 Å². The van der Waals surface area contributed by atoms with E-state index in [0.29, 0.717) is 12.0 Å². The molecule has 1 aromatic heterocycles. The highest BCUT2D eigenvalue weighted by atomic mass is 16.5. The van der Waals surface area contributed by atoms with Crippen molar-refractivity contribution in [1.82, 2.24) is 9.88 Å². The summed E-state index contributed by atoms with van der Waals surface area (Å²) < 4.78 is 5.33. The van der Waals surface area contributed by atoms with Crippen molar-refractivity contribution in [2.45, 2.75) is 13.1 Å². The van der Waals surface area contributed by atoms with Crippen molar-refractivity contribution in [3.63, 3.8) is 0 Å². The number of aromatic nitrogens is 1. The fourth-order valence-corrected chi connectivity index (χ4v) is 2.23. The van der Waals surface area contributed by atoms with E-state index in [2.05, 4.69) is 9.88 Å². The van der Waals surface area contributed by atoms with Crippen LogP contribution in [0.3, 0.4) is 0 Å². The Morgan fingerprint density at radius 3 is 2.67 bits per heavy atom. The van der Waals surface area contributed by atoms with E-state index in [-0.39, 0.29) is 0 Å². The second-order valence-electron chi connectivity index (χ2n) is 4.98. The predicted octanol–water partition coefficient (Wildman–Crippen LogP) is 0.402. The van der Waals surface area contributed by atoms with E-state index >= 15 is 0 Å². The molecule has 110 valence electrons. The van der Waals surface area contributed by atoms with Gasteiger partial charge in [-0.15, -0.1) is 0 Å². The minimum absolute atomic E-state index is 0.459. The van der Waals surface area contributed by atoms with E-state index in [4.69, 9.17) is 4.74 Å². The molecular formula is C15H19BN2O3. The predicted molar refractivity (Wildman–Crippen MR) is 82.2 cm³/mol. The second-order valence-corrected chi connectivity index (χ2v) is 4.98. The Hall–Kier alpha value is -1.89. The lowest BCUT2D eigenvalue weighted by Crippen LogP contribution is -2.30. The quantitative estimate of drug-likeness (QED) is 0.753. The number of nitrogens with zero attached hydrogens (tertiary/aromatic N) is 2. The molecule has 0 radical (unpaired) electrons. The molecule has 0 saturated heterocycles. The van der Waals surface area contributed by atoms with Crippen molar-refractivity contribution in [1.29, 1.82) is 0 Å².